The Morgan fingerprint density at radius 3 is 2.48 bits per heavy atom. The number of aryl methyl sites for hydroxylation is 1. The van der Waals surface area contributed by atoms with Crippen molar-refractivity contribution in [3.8, 4) is 5.69 Å². The van der Waals surface area contributed by atoms with E-state index in [1.54, 1.807) is 12.1 Å². The van der Waals surface area contributed by atoms with Gasteiger partial charge in [0.25, 0.3) is 0 Å². The van der Waals surface area contributed by atoms with Gasteiger partial charge in [-0.2, -0.15) is 0 Å². The van der Waals surface area contributed by atoms with Crippen molar-refractivity contribution in [3.05, 3.63) is 53.1 Å². The topological polar surface area (TPSA) is 34.0 Å². The molecule has 4 heteroatoms. The van der Waals surface area contributed by atoms with Gasteiger partial charge < -0.3 is 9.88 Å². The summed E-state index contributed by atoms with van der Waals surface area (Å²) in [6.07, 6.45) is 1.06. The Labute approximate surface area is 137 Å². The zero-order chi connectivity index (χ0) is 17.0. The summed E-state index contributed by atoms with van der Waals surface area (Å²) in [7, 11) is 0. The van der Waals surface area contributed by atoms with Crippen molar-refractivity contribution >= 4 is 5.78 Å². The molecule has 1 heterocycles. The van der Waals surface area contributed by atoms with E-state index < -0.39 is 0 Å². The average molecular weight is 316 g/mol. The highest BCUT2D eigenvalue weighted by Gasteiger charge is 2.16. The number of rotatable bonds is 7. The lowest BCUT2D eigenvalue weighted by atomic mass is 10.1. The predicted molar refractivity (Wildman–Crippen MR) is 91.9 cm³/mol. The molecule has 0 saturated carbocycles. The number of hydrogen-bond acceptors (Lipinski definition) is 2. The van der Waals surface area contributed by atoms with Gasteiger partial charge in [-0.15, -0.1) is 0 Å². The molecule has 0 unspecified atom stereocenters. The van der Waals surface area contributed by atoms with Crippen LogP contribution in [0.25, 0.3) is 5.69 Å². The van der Waals surface area contributed by atoms with Gasteiger partial charge in [0.05, 0.1) is 6.54 Å². The van der Waals surface area contributed by atoms with E-state index in [1.165, 1.54) is 12.1 Å². The van der Waals surface area contributed by atoms with Gasteiger partial charge in [-0.05, 0) is 63.1 Å². The van der Waals surface area contributed by atoms with Gasteiger partial charge in [0, 0.05) is 22.6 Å². The third-order valence-corrected chi connectivity index (χ3v) is 4.00. The average Bonchev–Trinajstić information content (AvgIpc) is 2.79. The first-order valence-electron chi connectivity index (χ1n) is 8.09. The molecule has 0 atom stereocenters. The molecule has 1 N–H and O–H groups in total. The summed E-state index contributed by atoms with van der Waals surface area (Å²) in [5.41, 5.74) is 3.46. The first-order valence-corrected chi connectivity index (χ1v) is 8.09. The lowest BCUT2D eigenvalue weighted by Gasteiger charge is -2.10. The molecule has 0 aliphatic heterocycles. The molecule has 0 aliphatic rings. The number of carbonyl (C=O) groups excluding carboxylic acids is 1. The molecule has 0 spiro atoms. The van der Waals surface area contributed by atoms with Crippen LogP contribution in [-0.4, -0.2) is 23.4 Å². The Kier molecular flexibility index (Phi) is 5.72. The van der Waals surface area contributed by atoms with Crippen LogP contribution in [0, 0.1) is 25.6 Å². The Hall–Kier alpha value is -1.94. The lowest BCUT2D eigenvalue weighted by molar-refractivity contribution is 0.0990. The minimum Gasteiger partial charge on any atom is -0.318 e. The number of halogens is 1. The number of hydrogen-bond donors (Lipinski definition) is 1. The first kappa shape index (κ1) is 17.4. The van der Waals surface area contributed by atoms with Crippen LogP contribution < -0.4 is 5.32 Å². The molecular formula is C19H25FN2O. The minimum atomic E-state index is -0.262. The van der Waals surface area contributed by atoms with Gasteiger partial charge in [0.15, 0.2) is 5.78 Å². The molecule has 0 radical (unpaired) electrons. The molecule has 3 nitrogen and oxygen atoms in total. The molecule has 2 aromatic rings. The summed E-state index contributed by atoms with van der Waals surface area (Å²) in [6, 6.07) is 8.23. The molecule has 1 aromatic heterocycles. The maximum Gasteiger partial charge on any atom is 0.178 e. The first-order chi connectivity index (χ1) is 10.9. The fourth-order valence-electron chi connectivity index (χ4n) is 2.72. The van der Waals surface area contributed by atoms with Crippen molar-refractivity contribution in [1.29, 1.82) is 0 Å². The number of carbonyl (C=O) groups is 1. The van der Waals surface area contributed by atoms with Crippen LogP contribution in [0.3, 0.4) is 0 Å². The molecule has 0 bridgehead atoms. The van der Waals surface area contributed by atoms with E-state index >= 15 is 0 Å². The number of Topliss-reactive ketones (excluding diaryl/α,β-unsaturated/α-hetero) is 1. The second-order valence-electron chi connectivity index (χ2n) is 6.38. The van der Waals surface area contributed by atoms with E-state index in [4.69, 9.17) is 0 Å². The maximum atomic E-state index is 13.1. The molecule has 0 aliphatic carbocycles. The van der Waals surface area contributed by atoms with Crippen LogP contribution >= 0.6 is 0 Å². The third kappa shape index (κ3) is 4.29. The molecule has 2 rings (SSSR count). The van der Waals surface area contributed by atoms with Crippen LogP contribution in [-0.2, 0) is 0 Å². The Bertz CT molecular complexity index is 671. The number of benzene rings is 1. The van der Waals surface area contributed by atoms with Gasteiger partial charge in [-0.3, -0.25) is 4.79 Å². The SMILES string of the molecule is Cc1cc(C(=O)CNCCC(C)C)c(C)n1-c1ccc(F)cc1. The molecular weight excluding hydrogens is 291 g/mol. The lowest BCUT2D eigenvalue weighted by Crippen LogP contribution is -2.25. The smallest absolute Gasteiger partial charge is 0.178 e. The fourth-order valence-corrected chi connectivity index (χ4v) is 2.72. The van der Waals surface area contributed by atoms with Gasteiger partial charge in [0.1, 0.15) is 5.82 Å². The van der Waals surface area contributed by atoms with Gasteiger partial charge >= 0.3 is 0 Å². The summed E-state index contributed by atoms with van der Waals surface area (Å²) in [6.45, 7) is 9.41. The van der Waals surface area contributed by atoms with Crippen molar-refractivity contribution in [1.82, 2.24) is 9.88 Å². The van der Waals surface area contributed by atoms with Crippen LogP contribution in [0.2, 0.25) is 0 Å². The Morgan fingerprint density at radius 1 is 1.22 bits per heavy atom. The van der Waals surface area contributed by atoms with E-state index in [1.807, 2.05) is 24.5 Å². The largest absolute Gasteiger partial charge is 0.318 e. The normalized spacial score (nSPS) is 11.2. The zero-order valence-electron chi connectivity index (χ0n) is 14.3. The minimum absolute atomic E-state index is 0.0928. The van der Waals surface area contributed by atoms with Crippen LogP contribution in [0.15, 0.2) is 30.3 Å². The zero-order valence-corrected chi connectivity index (χ0v) is 14.3. The monoisotopic (exact) mass is 316 g/mol. The summed E-state index contributed by atoms with van der Waals surface area (Å²) in [5.74, 6) is 0.457. The molecule has 0 saturated heterocycles. The van der Waals surface area contributed by atoms with Crippen molar-refractivity contribution < 1.29 is 9.18 Å². The second kappa shape index (κ2) is 7.55. The summed E-state index contributed by atoms with van der Waals surface area (Å²) in [4.78, 5) is 12.4. The number of nitrogens with zero attached hydrogens (tertiary/aromatic N) is 1. The second-order valence-corrected chi connectivity index (χ2v) is 6.38. The van der Waals surface area contributed by atoms with E-state index in [2.05, 4.69) is 19.2 Å². The van der Waals surface area contributed by atoms with Gasteiger partial charge in [-0.1, -0.05) is 13.8 Å². The van der Waals surface area contributed by atoms with Crippen molar-refractivity contribution in [2.24, 2.45) is 5.92 Å². The molecule has 0 amide bonds. The van der Waals surface area contributed by atoms with Crippen molar-refractivity contribution in [2.75, 3.05) is 13.1 Å². The van der Waals surface area contributed by atoms with E-state index in [9.17, 15) is 9.18 Å². The number of aromatic nitrogens is 1. The highest BCUT2D eigenvalue weighted by atomic mass is 19.1. The Balaban J connectivity index is 2.14. The molecule has 23 heavy (non-hydrogen) atoms. The highest BCUT2D eigenvalue weighted by Crippen LogP contribution is 2.21. The number of ketones is 1. The molecule has 1 aromatic carbocycles. The predicted octanol–water partition coefficient (Wildman–Crippen LogP) is 4.05. The maximum absolute atomic E-state index is 13.1. The fraction of sp³-hybridized carbons (Fsp3) is 0.421. The standard InChI is InChI=1S/C19H25FN2O/c1-13(2)9-10-21-12-19(23)18-11-14(3)22(15(18)4)17-7-5-16(20)6-8-17/h5-8,11,13,21H,9-10,12H2,1-4H3. The van der Waals surface area contributed by atoms with Crippen molar-refractivity contribution in [2.45, 2.75) is 34.1 Å². The Morgan fingerprint density at radius 2 is 1.87 bits per heavy atom. The van der Waals surface area contributed by atoms with Crippen LogP contribution in [0.1, 0.15) is 42.0 Å². The van der Waals surface area contributed by atoms with Crippen LogP contribution in [0.4, 0.5) is 4.39 Å². The van der Waals surface area contributed by atoms with E-state index in [0.29, 0.717) is 12.5 Å². The van der Waals surface area contributed by atoms with Gasteiger partial charge in [0.2, 0.25) is 0 Å². The molecule has 124 valence electrons. The highest BCUT2D eigenvalue weighted by molar-refractivity contribution is 5.99. The summed E-state index contributed by atoms with van der Waals surface area (Å²) >= 11 is 0. The van der Waals surface area contributed by atoms with Crippen LogP contribution in [0.5, 0.6) is 0 Å². The van der Waals surface area contributed by atoms with E-state index in [0.717, 1.165) is 35.6 Å². The van der Waals surface area contributed by atoms with E-state index in [-0.39, 0.29) is 11.6 Å². The van der Waals surface area contributed by atoms with Crippen molar-refractivity contribution in [3.63, 3.8) is 0 Å². The summed E-state index contributed by atoms with van der Waals surface area (Å²) < 4.78 is 15.1. The van der Waals surface area contributed by atoms with Gasteiger partial charge in [-0.25, -0.2) is 4.39 Å². The summed E-state index contributed by atoms with van der Waals surface area (Å²) in [5, 5.41) is 3.21. The number of nitrogens with one attached hydrogen (secondary N) is 1. The third-order valence-electron chi connectivity index (χ3n) is 4.00. The molecule has 0 fully saturated rings. The quantitative estimate of drug-likeness (QED) is 0.617.